The highest BCUT2D eigenvalue weighted by Crippen LogP contribution is 2.66. The maximum Gasteiger partial charge on any atom is 0.433 e. The number of aromatic hydroxyl groups is 1. The van der Waals surface area contributed by atoms with Gasteiger partial charge in [-0.25, -0.2) is 31.8 Å². The van der Waals surface area contributed by atoms with E-state index in [1.165, 1.54) is 31.2 Å². The molecule has 20 heteroatoms. The van der Waals surface area contributed by atoms with Gasteiger partial charge in [0.05, 0.1) is 16.9 Å². The van der Waals surface area contributed by atoms with Gasteiger partial charge in [-0.2, -0.15) is 18.2 Å². The fraction of sp³-hybridized carbons (Fsp3) is 0.324. The van der Waals surface area contributed by atoms with Gasteiger partial charge in [-0.15, -0.1) is 23.2 Å². The number of benzene rings is 2. The van der Waals surface area contributed by atoms with Gasteiger partial charge in [-0.3, -0.25) is 24.2 Å². The zero-order valence-electron chi connectivity index (χ0n) is 27.2. The van der Waals surface area contributed by atoms with Gasteiger partial charge < -0.3 is 5.11 Å². The highest BCUT2D eigenvalue weighted by Gasteiger charge is 2.77. The molecule has 6 atom stereocenters. The van der Waals surface area contributed by atoms with Crippen LogP contribution in [0.2, 0.25) is 5.02 Å². The summed E-state index contributed by atoms with van der Waals surface area (Å²) in [6.45, 7) is 1.45. The minimum absolute atomic E-state index is 0.0610. The molecule has 3 heterocycles. The number of fused-ring (bicyclic) bond motifs is 4. The van der Waals surface area contributed by atoms with Crippen LogP contribution in [0.5, 0.6) is 5.75 Å². The molecule has 4 amide bonds. The van der Waals surface area contributed by atoms with Crippen LogP contribution in [0.15, 0.2) is 42.0 Å². The van der Waals surface area contributed by atoms with Crippen LogP contribution in [-0.2, 0) is 25.4 Å². The number of pyridine rings is 1. The Bertz CT molecular complexity index is 2250. The fourth-order valence-electron chi connectivity index (χ4n) is 7.99. The van der Waals surface area contributed by atoms with Crippen LogP contribution in [-0.4, -0.2) is 55.5 Å². The standard InChI is InChI=1S/C34H21Cl3F8N4O5/c1-11-9-12(3-7-17(11)50)20-13-4-5-14-19(29(52)49(28(14)51)47(2)27-16(35)6-8-18(46-27)34(43,44)45)15(13)10-32(36)30(53)48(31(54)33(20,32)37)26-24(41)22(39)21(38)23(40)25(26)42/h3-4,6-9,14-15,19-20,50H,5,10H2,1-2H3/t14-,15+,19-,20-,32+,33-/m0/s1. The normalized spacial score (nSPS) is 28.0. The van der Waals surface area contributed by atoms with E-state index in [1.54, 1.807) is 0 Å². The molecule has 284 valence electrons. The number of carbonyl (C=O) groups is 4. The van der Waals surface area contributed by atoms with Crippen molar-refractivity contribution in [3.63, 3.8) is 0 Å². The summed E-state index contributed by atoms with van der Waals surface area (Å²) < 4.78 is 114. The minimum atomic E-state index is -4.94. The molecule has 2 aliphatic carbocycles. The fourth-order valence-corrected chi connectivity index (χ4v) is 9.15. The second-order valence-electron chi connectivity index (χ2n) is 13.3. The van der Waals surface area contributed by atoms with Gasteiger partial charge in [0.2, 0.25) is 5.82 Å². The van der Waals surface area contributed by atoms with Crippen molar-refractivity contribution < 1.29 is 59.4 Å². The molecule has 9 nitrogen and oxygen atoms in total. The van der Waals surface area contributed by atoms with E-state index in [0.29, 0.717) is 11.1 Å². The molecule has 0 spiro atoms. The zero-order valence-corrected chi connectivity index (χ0v) is 29.5. The summed E-state index contributed by atoms with van der Waals surface area (Å²) in [5, 5.41) is 11.2. The number of phenols is 1. The Kier molecular flexibility index (Phi) is 8.59. The highest BCUT2D eigenvalue weighted by molar-refractivity contribution is 6.58. The second-order valence-corrected chi connectivity index (χ2v) is 14.9. The first kappa shape index (κ1) is 37.8. The smallest absolute Gasteiger partial charge is 0.433 e. The predicted octanol–water partition coefficient (Wildman–Crippen LogP) is 7.08. The largest absolute Gasteiger partial charge is 0.508 e. The molecule has 1 saturated carbocycles. The van der Waals surface area contributed by atoms with Crippen molar-refractivity contribution in [3.8, 4) is 5.75 Å². The highest BCUT2D eigenvalue weighted by atomic mass is 35.5. The van der Waals surface area contributed by atoms with Crippen LogP contribution < -0.4 is 9.91 Å². The Morgan fingerprint density at radius 1 is 0.889 bits per heavy atom. The zero-order chi connectivity index (χ0) is 39.7. The van der Waals surface area contributed by atoms with Crippen LogP contribution in [0.4, 0.5) is 46.6 Å². The molecule has 2 aliphatic heterocycles. The number of aromatic nitrogens is 1. The summed E-state index contributed by atoms with van der Waals surface area (Å²) >= 11 is 20.3. The van der Waals surface area contributed by atoms with Gasteiger partial charge in [-0.05, 0) is 55.0 Å². The quantitative estimate of drug-likeness (QED) is 0.0749. The number of carbonyl (C=O) groups excluding carboxylic acids is 4. The SMILES string of the molecule is Cc1cc([C@H]2C3=CC[C@@H]4C(=O)N(N(C)c5nc(C(F)(F)F)ccc5Cl)C(=O)[C@@H]4[C@@H]3C[C@@]3(Cl)C(=O)N(c4c(F)c(F)c(F)c(F)c4F)C(=O)[C@@]23Cl)ccc1O. The summed E-state index contributed by atoms with van der Waals surface area (Å²) in [6, 6.07) is 5.24. The van der Waals surface area contributed by atoms with Crippen molar-refractivity contribution in [3.05, 3.63) is 92.9 Å². The first-order chi connectivity index (χ1) is 25.1. The number of phenolic OH excluding ortho intramolecular Hbond substituents is 1. The lowest BCUT2D eigenvalue weighted by atomic mass is 9.56. The number of allylic oxidation sites excluding steroid dienone is 2. The Balaban J connectivity index is 1.39. The van der Waals surface area contributed by atoms with Gasteiger partial charge in [0.25, 0.3) is 23.6 Å². The average molecular weight is 824 g/mol. The molecule has 3 fully saturated rings. The summed E-state index contributed by atoms with van der Waals surface area (Å²) in [4.78, 5) is 54.4. The van der Waals surface area contributed by atoms with Crippen molar-refractivity contribution in [2.24, 2.45) is 17.8 Å². The lowest BCUT2D eigenvalue weighted by Gasteiger charge is -2.50. The van der Waals surface area contributed by atoms with Crippen molar-refractivity contribution >= 4 is 69.9 Å². The van der Waals surface area contributed by atoms with Crippen molar-refractivity contribution in [1.29, 1.82) is 0 Å². The Morgan fingerprint density at radius 2 is 1.50 bits per heavy atom. The van der Waals surface area contributed by atoms with Crippen LogP contribution in [0.25, 0.3) is 0 Å². The first-order valence-electron chi connectivity index (χ1n) is 15.7. The number of aryl methyl sites for hydroxylation is 1. The van der Waals surface area contributed by atoms with E-state index in [1.807, 2.05) is 0 Å². The third-order valence-corrected chi connectivity index (χ3v) is 12.2. The number of amides is 4. The molecule has 54 heavy (non-hydrogen) atoms. The number of hydrogen-bond acceptors (Lipinski definition) is 7. The lowest BCUT2D eigenvalue weighted by Crippen LogP contribution is -2.60. The molecule has 1 aromatic heterocycles. The number of halogens is 11. The van der Waals surface area contributed by atoms with Crippen LogP contribution >= 0.6 is 34.8 Å². The summed E-state index contributed by atoms with van der Waals surface area (Å²) in [6.07, 6.45) is -4.56. The molecule has 1 N–H and O–H groups in total. The summed E-state index contributed by atoms with van der Waals surface area (Å²) in [7, 11) is 1.06. The van der Waals surface area contributed by atoms with E-state index in [4.69, 9.17) is 34.8 Å². The van der Waals surface area contributed by atoms with Crippen LogP contribution in [0.3, 0.4) is 0 Å². The van der Waals surface area contributed by atoms with E-state index in [-0.39, 0.29) is 38.8 Å². The number of nitrogens with zero attached hydrogens (tertiary/aromatic N) is 4. The van der Waals surface area contributed by atoms with E-state index < -0.39 is 116 Å². The first-order valence-corrected chi connectivity index (χ1v) is 16.9. The summed E-state index contributed by atoms with van der Waals surface area (Å²) in [5.74, 6) is -24.4. The van der Waals surface area contributed by atoms with Gasteiger partial charge >= 0.3 is 6.18 Å². The van der Waals surface area contributed by atoms with Gasteiger partial charge in [0, 0.05) is 13.0 Å². The molecule has 0 bridgehead atoms. The molecule has 0 radical (unpaired) electrons. The monoisotopic (exact) mass is 822 g/mol. The Hall–Kier alpha value is -4.48. The lowest BCUT2D eigenvalue weighted by molar-refractivity contribution is -0.141. The van der Waals surface area contributed by atoms with Crippen LogP contribution in [0, 0.1) is 53.8 Å². The van der Waals surface area contributed by atoms with Gasteiger partial charge in [-0.1, -0.05) is 35.4 Å². The molecule has 3 aromatic rings. The maximum atomic E-state index is 15.2. The Labute approximate surface area is 313 Å². The Morgan fingerprint density at radius 3 is 2.09 bits per heavy atom. The maximum absolute atomic E-state index is 15.2. The van der Waals surface area contributed by atoms with Gasteiger partial charge in [0.15, 0.2) is 38.8 Å². The van der Waals surface area contributed by atoms with Crippen molar-refractivity contribution in [2.45, 2.75) is 41.6 Å². The number of alkyl halides is 5. The van der Waals surface area contributed by atoms with E-state index in [9.17, 15) is 50.6 Å². The van der Waals surface area contributed by atoms with E-state index in [2.05, 4.69) is 4.98 Å². The van der Waals surface area contributed by atoms with E-state index >= 15 is 8.78 Å². The predicted molar refractivity (Wildman–Crippen MR) is 174 cm³/mol. The second kappa shape index (κ2) is 12.3. The van der Waals surface area contributed by atoms with Crippen molar-refractivity contribution in [1.82, 2.24) is 9.99 Å². The van der Waals surface area contributed by atoms with E-state index in [0.717, 1.165) is 18.1 Å². The molecular formula is C34H21Cl3F8N4O5. The third-order valence-electron chi connectivity index (χ3n) is 10.5. The number of rotatable bonds is 4. The van der Waals surface area contributed by atoms with Crippen LogP contribution in [0.1, 0.15) is 35.6 Å². The molecule has 4 aliphatic rings. The summed E-state index contributed by atoms with van der Waals surface area (Å²) in [5.41, 5.74) is -2.96. The average Bonchev–Trinajstić information content (AvgIpc) is 3.45. The number of imide groups is 2. The molecule has 0 unspecified atom stereocenters. The topological polar surface area (TPSA) is 111 Å². The molecular weight excluding hydrogens is 803 g/mol. The number of anilines is 2. The number of hydrazine groups is 1. The number of hydrogen-bond donors (Lipinski definition) is 1. The minimum Gasteiger partial charge on any atom is -0.508 e. The van der Waals surface area contributed by atoms with Gasteiger partial charge in [0.1, 0.15) is 17.1 Å². The van der Waals surface area contributed by atoms with Crippen molar-refractivity contribution in [2.75, 3.05) is 17.0 Å². The molecule has 2 aromatic carbocycles. The molecule has 2 saturated heterocycles. The third kappa shape index (κ3) is 4.92. The molecule has 7 rings (SSSR count).